The molecule has 1 saturated heterocycles. The molecule has 1 aliphatic heterocycles. The van der Waals surface area contributed by atoms with Crippen molar-refractivity contribution >= 4 is 11.9 Å². The monoisotopic (exact) mass is 250 g/mol. The largest absolute Gasteiger partial charge is 0.493 e. The van der Waals surface area contributed by atoms with Crippen LogP contribution in [0.1, 0.15) is 0 Å². The number of methoxy groups -OCH3 is 1. The van der Waals surface area contributed by atoms with Crippen LogP contribution in [-0.2, 0) is 4.79 Å². The summed E-state index contributed by atoms with van der Waals surface area (Å²) in [4.78, 5) is 23.6. The zero-order chi connectivity index (χ0) is 13.0. The highest BCUT2D eigenvalue weighted by Crippen LogP contribution is 2.25. The number of amides is 3. The number of benzene rings is 1. The van der Waals surface area contributed by atoms with Gasteiger partial charge < -0.3 is 14.4 Å². The highest BCUT2D eigenvalue weighted by atomic mass is 16.5. The maximum Gasteiger partial charge on any atom is 0.324 e. The predicted molar refractivity (Wildman–Crippen MR) is 63.6 cm³/mol. The molecule has 6 heteroatoms. The summed E-state index contributed by atoms with van der Waals surface area (Å²) in [5.74, 6) is 0.975. The fourth-order valence-electron chi connectivity index (χ4n) is 1.67. The maximum atomic E-state index is 11.3. The Labute approximate surface area is 104 Å². The van der Waals surface area contributed by atoms with Gasteiger partial charge in [0.15, 0.2) is 11.5 Å². The van der Waals surface area contributed by atoms with E-state index >= 15 is 0 Å². The minimum absolute atomic E-state index is 0.0914. The van der Waals surface area contributed by atoms with Gasteiger partial charge in [0.1, 0.15) is 13.2 Å². The highest BCUT2D eigenvalue weighted by molar-refractivity contribution is 6.01. The van der Waals surface area contributed by atoms with Crippen molar-refractivity contribution in [2.24, 2.45) is 0 Å². The SMILES string of the molecule is COc1ccccc1OCCN1CC(=O)NC1=O. The van der Waals surface area contributed by atoms with Crippen molar-refractivity contribution in [3.63, 3.8) is 0 Å². The Morgan fingerprint density at radius 2 is 2.00 bits per heavy atom. The molecule has 0 unspecified atom stereocenters. The van der Waals surface area contributed by atoms with Gasteiger partial charge in [0.25, 0.3) is 0 Å². The minimum Gasteiger partial charge on any atom is -0.493 e. The first-order chi connectivity index (χ1) is 8.70. The molecule has 1 heterocycles. The fourth-order valence-corrected chi connectivity index (χ4v) is 1.67. The summed E-state index contributed by atoms with van der Waals surface area (Å²) in [7, 11) is 1.56. The van der Waals surface area contributed by atoms with E-state index < -0.39 is 0 Å². The summed E-state index contributed by atoms with van der Waals surface area (Å²) >= 11 is 0. The van der Waals surface area contributed by atoms with Gasteiger partial charge in [-0.05, 0) is 12.1 Å². The van der Waals surface area contributed by atoms with Crippen molar-refractivity contribution in [1.82, 2.24) is 10.2 Å². The first-order valence-electron chi connectivity index (χ1n) is 5.55. The van der Waals surface area contributed by atoms with Crippen LogP contribution < -0.4 is 14.8 Å². The number of carbonyl (C=O) groups is 2. The van der Waals surface area contributed by atoms with Gasteiger partial charge in [-0.1, -0.05) is 12.1 Å². The zero-order valence-electron chi connectivity index (χ0n) is 10.0. The number of para-hydroxylation sites is 2. The van der Waals surface area contributed by atoms with Crippen LogP contribution in [0, 0.1) is 0 Å². The summed E-state index contributed by atoms with van der Waals surface area (Å²) in [6.07, 6.45) is 0. The fraction of sp³-hybridized carbons (Fsp3) is 0.333. The molecule has 3 amide bonds. The Morgan fingerprint density at radius 1 is 1.28 bits per heavy atom. The van der Waals surface area contributed by atoms with Gasteiger partial charge in [-0.3, -0.25) is 10.1 Å². The van der Waals surface area contributed by atoms with E-state index in [4.69, 9.17) is 9.47 Å². The number of ether oxygens (including phenoxy) is 2. The molecule has 0 radical (unpaired) electrons. The Bertz CT molecular complexity index is 461. The van der Waals surface area contributed by atoms with E-state index in [2.05, 4.69) is 5.32 Å². The van der Waals surface area contributed by atoms with Gasteiger partial charge in [-0.15, -0.1) is 0 Å². The van der Waals surface area contributed by atoms with Crippen LogP contribution >= 0.6 is 0 Å². The lowest BCUT2D eigenvalue weighted by atomic mass is 10.3. The second-order valence-electron chi connectivity index (χ2n) is 3.77. The standard InChI is InChI=1S/C12H14N2O4/c1-17-9-4-2-3-5-10(9)18-7-6-14-8-11(15)13-12(14)16/h2-5H,6-8H2,1H3,(H,13,15,16). The number of urea groups is 1. The maximum absolute atomic E-state index is 11.3. The van der Waals surface area contributed by atoms with Crippen molar-refractivity contribution < 1.29 is 19.1 Å². The van der Waals surface area contributed by atoms with Crippen molar-refractivity contribution in [2.75, 3.05) is 26.8 Å². The topological polar surface area (TPSA) is 67.9 Å². The molecule has 0 spiro atoms. The summed E-state index contributed by atoms with van der Waals surface area (Å²) in [6.45, 7) is 0.755. The van der Waals surface area contributed by atoms with E-state index in [1.807, 2.05) is 12.1 Å². The first kappa shape index (κ1) is 12.2. The van der Waals surface area contributed by atoms with E-state index in [0.29, 0.717) is 24.7 Å². The van der Waals surface area contributed by atoms with Crippen LogP contribution in [0.2, 0.25) is 0 Å². The molecule has 0 aromatic heterocycles. The number of hydrogen-bond donors (Lipinski definition) is 1. The molecule has 1 fully saturated rings. The Hall–Kier alpha value is -2.24. The Morgan fingerprint density at radius 3 is 2.61 bits per heavy atom. The number of rotatable bonds is 5. The lowest BCUT2D eigenvalue weighted by molar-refractivity contribution is -0.118. The van der Waals surface area contributed by atoms with Crippen LogP contribution in [0.4, 0.5) is 4.79 Å². The average Bonchev–Trinajstić information content (AvgIpc) is 2.68. The molecule has 1 aromatic rings. The normalized spacial score (nSPS) is 14.6. The summed E-state index contributed by atoms with van der Waals surface area (Å²) < 4.78 is 10.6. The van der Waals surface area contributed by atoms with Crippen molar-refractivity contribution in [3.8, 4) is 11.5 Å². The second kappa shape index (κ2) is 5.39. The summed E-state index contributed by atoms with van der Waals surface area (Å²) in [5.41, 5.74) is 0. The number of nitrogens with zero attached hydrogens (tertiary/aromatic N) is 1. The van der Waals surface area contributed by atoms with Crippen LogP contribution in [0.3, 0.4) is 0 Å². The highest BCUT2D eigenvalue weighted by Gasteiger charge is 2.26. The van der Waals surface area contributed by atoms with E-state index in [9.17, 15) is 9.59 Å². The molecule has 0 aliphatic carbocycles. The third-order valence-corrected chi connectivity index (χ3v) is 2.56. The van der Waals surface area contributed by atoms with Crippen molar-refractivity contribution in [1.29, 1.82) is 0 Å². The summed E-state index contributed by atoms with van der Waals surface area (Å²) in [6, 6.07) is 6.89. The number of nitrogens with one attached hydrogen (secondary N) is 1. The van der Waals surface area contributed by atoms with Crippen molar-refractivity contribution in [3.05, 3.63) is 24.3 Å². The van der Waals surface area contributed by atoms with Gasteiger partial charge in [0.2, 0.25) is 5.91 Å². The summed E-state index contributed by atoms with van der Waals surface area (Å²) in [5, 5.41) is 2.21. The number of hydrogen-bond acceptors (Lipinski definition) is 4. The number of carbonyl (C=O) groups excluding carboxylic acids is 2. The third-order valence-electron chi connectivity index (χ3n) is 2.56. The molecule has 0 bridgehead atoms. The van der Waals surface area contributed by atoms with E-state index in [-0.39, 0.29) is 18.5 Å². The van der Waals surface area contributed by atoms with Gasteiger partial charge in [-0.25, -0.2) is 4.79 Å². The van der Waals surface area contributed by atoms with Gasteiger partial charge >= 0.3 is 6.03 Å². The van der Waals surface area contributed by atoms with E-state index in [1.54, 1.807) is 19.2 Å². The molecule has 6 nitrogen and oxygen atoms in total. The molecule has 0 atom stereocenters. The molecule has 2 rings (SSSR count). The van der Waals surface area contributed by atoms with Gasteiger partial charge in [-0.2, -0.15) is 0 Å². The average molecular weight is 250 g/mol. The molecule has 1 aliphatic rings. The lowest BCUT2D eigenvalue weighted by Gasteiger charge is -2.14. The molecule has 96 valence electrons. The van der Waals surface area contributed by atoms with Crippen molar-refractivity contribution in [2.45, 2.75) is 0 Å². The molecule has 1 aromatic carbocycles. The quantitative estimate of drug-likeness (QED) is 0.778. The smallest absolute Gasteiger partial charge is 0.324 e. The van der Waals surface area contributed by atoms with E-state index in [0.717, 1.165) is 0 Å². The molecule has 1 N–H and O–H groups in total. The molecular formula is C12H14N2O4. The minimum atomic E-state index is -0.372. The van der Waals surface area contributed by atoms with Gasteiger partial charge in [0, 0.05) is 0 Å². The van der Waals surface area contributed by atoms with Crippen LogP contribution in [0.25, 0.3) is 0 Å². The lowest BCUT2D eigenvalue weighted by Crippen LogP contribution is -2.31. The van der Waals surface area contributed by atoms with Crippen LogP contribution in [-0.4, -0.2) is 43.6 Å². The molecule has 0 saturated carbocycles. The Balaban J connectivity index is 1.85. The molecular weight excluding hydrogens is 236 g/mol. The van der Waals surface area contributed by atoms with Crippen LogP contribution in [0.15, 0.2) is 24.3 Å². The van der Waals surface area contributed by atoms with Crippen LogP contribution in [0.5, 0.6) is 11.5 Å². The van der Waals surface area contributed by atoms with Gasteiger partial charge in [0.05, 0.1) is 13.7 Å². The zero-order valence-corrected chi connectivity index (χ0v) is 10.0. The first-order valence-corrected chi connectivity index (χ1v) is 5.55. The predicted octanol–water partition coefficient (Wildman–Crippen LogP) is 0.626. The number of imide groups is 1. The molecule has 18 heavy (non-hydrogen) atoms. The third kappa shape index (κ3) is 2.71. The Kier molecular flexibility index (Phi) is 3.66. The second-order valence-corrected chi connectivity index (χ2v) is 3.77. The van der Waals surface area contributed by atoms with E-state index in [1.165, 1.54) is 4.90 Å².